The predicted octanol–water partition coefficient (Wildman–Crippen LogP) is 4.52. The zero-order valence-corrected chi connectivity index (χ0v) is 12.0. The lowest BCUT2D eigenvalue weighted by atomic mass is 9.79. The molecule has 4 rings (SSSR count). The van der Waals surface area contributed by atoms with Crippen LogP contribution < -0.4 is 10.1 Å². The van der Waals surface area contributed by atoms with E-state index in [1.54, 1.807) is 18.2 Å². The van der Waals surface area contributed by atoms with E-state index >= 15 is 0 Å². The number of hydrogen-bond donors (Lipinski definition) is 1. The molecule has 3 aliphatic carbocycles. The highest BCUT2D eigenvalue weighted by Gasteiger charge is 2.53. The van der Waals surface area contributed by atoms with Crippen LogP contribution in [0.15, 0.2) is 24.3 Å². The number of ether oxygens (including phenoxy) is 1. The predicted molar refractivity (Wildman–Crippen MR) is 77.5 cm³/mol. The highest BCUT2D eigenvalue weighted by molar-refractivity contribution is 5.49. The molecule has 4 heteroatoms. The summed E-state index contributed by atoms with van der Waals surface area (Å²) in [5.41, 5.74) is 0.903. The molecule has 0 spiro atoms. The molecule has 21 heavy (non-hydrogen) atoms. The van der Waals surface area contributed by atoms with E-state index in [1.165, 1.54) is 32.1 Å². The highest BCUT2D eigenvalue weighted by Crippen LogP contribution is 2.59. The fourth-order valence-corrected chi connectivity index (χ4v) is 5.21. The Labute approximate surface area is 123 Å². The normalized spacial score (nSPS) is 37.0. The first-order chi connectivity index (χ1) is 10.2. The van der Waals surface area contributed by atoms with Gasteiger partial charge in [0.1, 0.15) is 5.75 Å². The van der Waals surface area contributed by atoms with Crippen molar-refractivity contribution in [3.63, 3.8) is 0 Å². The average molecular weight is 293 g/mol. The van der Waals surface area contributed by atoms with Gasteiger partial charge in [0.2, 0.25) is 0 Å². The third-order valence-electron chi connectivity index (χ3n) is 5.84. The first-order valence-corrected chi connectivity index (χ1v) is 8.02. The number of benzene rings is 1. The van der Waals surface area contributed by atoms with E-state index in [2.05, 4.69) is 10.1 Å². The summed E-state index contributed by atoms with van der Waals surface area (Å²) in [7, 11) is 0. The molecule has 3 fully saturated rings. The third-order valence-corrected chi connectivity index (χ3v) is 5.84. The van der Waals surface area contributed by atoms with Crippen LogP contribution in [0, 0.1) is 23.7 Å². The van der Waals surface area contributed by atoms with Crippen molar-refractivity contribution in [2.75, 3.05) is 5.32 Å². The van der Waals surface area contributed by atoms with E-state index < -0.39 is 6.61 Å². The fourth-order valence-electron chi connectivity index (χ4n) is 5.21. The number of nitrogens with one attached hydrogen (secondary N) is 1. The lowest BCUT2D eigenvalue weighted by Gasteiger charge is -2.32. The average Bonchev–Trinajstić information content (AvgIpc) is 3.09. The van der Waals surface area contributed by atoms with Crippen LogP contribution in [-0.2, 0) is 0 Å². The molecule has 1 N–H and O–H groups in total. The second kappa shape index (κ2) is 5.15. The van der Waals surface area contributed by atoms with Crippen molar-refractivity contribution in [1.29, 1.82) is 0 Å². The Kier molecular flexibility index (Phi) is 3.27. The van der Waals surface area contributed by atoms with Crippen LogP contribution in [0.25, 0.3) is 0 Å². The SMILES string of the molecule is FC(F)Oc1cccc(NC2CC3CC2C2CCCC32)c1. The maximum Gasteiger partial charge on any atom is 0.387 e. The summed E-state index contributed by atoms with van der Waals surface area (Å²) in [6.45, 7) is -2.76. The molecular weight excluding hydrogens is 272 g/mol. The van der Waals surface area contributed by atoms with Crippen LogP contribution in [0.3, 0.4) is 0 Å². The van der Waals surface area contributed by atoms with Gasteiger partial charge >= 0.3 is 6.61 Å². The quantitative estimate of drug-likeness (QED) is 0.881. The van der Waals surface area contributed by atoms with Crippen LogP contribution in [-0.4, -0.2) is 12.7 Å². The standard InChI is InChI=1S/C17H21F2NO/c18-17(19)21-12-4-1-3-11(9-12)20-16-8-10-7-15(16)14-6-2-5-13(10)14/h1,3-4,9-10,13-17,20H,2,5-8H2. The molecular formula is C17H21F2NO. The summed E-state index contributed by atoms with van der Waals surface area (Å²) in [4.78, 5) is 0. The van der Waals surface area contributed by atoms with E-state index in [-0.39, 0.29) is 5.75 Å². The monoisotopic (exact) mass is 293 g/mol. The first-order valence-electron chi connectivity index (χ1n) is 8.02. The van der Waals surface area contributed by atoms with Gasteiger partial charge in [-0.05, 0) is 61.5 Å². The largest absolute Gasteiger partial charge is 0.435 e. The number of rotatable bonds is 4. The Morgan fingerprint density at radius 1 is 1.10 bits per heavy atom. The molecule has 5 atom stereocenters. The van der Waals surface area contributed by atoms with E-state index in [9.17, 15) is 8.78 Å². The van der Waals surface area contributed by atoms with Crippen LogP contribution in [0.2, 0.25) is 0 Å². The van der Waals surface area contributed by atoms with Crippen LogP contribution in [0.1, 0.15) is 32.1 Å². The van der Waals surface area contributed by atoms with Crippen molar-refractivity contribution >= 4 is 5.69 Å². The highest BCUT2D eigenvalue weighted by atomic mass is 19.3. The lowest BCUT2D eigenvalue weighted by Crippen LogP contribution is -2.33. The van der Waals surface area contributed by atoms with Gasteiger partial charge in [0, 0.05) is 17.8 Å². The summed E-state index contributed by atoms with van der Waals surface area (Å²) >= 11 is 0. The topological polar surface area (TPSA) is 21.3 Å². The Hall–Kier alpha value is -1.32. The zero-order chi connectivity index (χ0) is 14.4. The molecule has 3 saturated carbocycles. The number of halogens is 2. The molecule has 2 bridgehead atoms. The summed E-state index contributed by atoms with van der Waals surface area (Å²) in [6, 6.07) is 7.48. The van der Waals surface area contributed by atoms with Crippen molar-refractivity contribution in [3.05, 3.63) is 24.3 Å². The molecule has 2 nitrogen and oxygen atoms in total. The minimum Gasteiger partial charge on any atom is -0.435 e. The summed E-state index contributed by atoms with van der Waals surface area (Å²) < 4.78 is 29.0. The number of anilines is 1. The van der Waals surface area contributed by atoms with Gasteiger partial charge in [-0.1, -0.05) is 12.5 Å². The molecule has 5 unspecified atom stereocenters. The van der Waals surface area contributed by atoms with Gasteiger partial charge in [-0.2, -0.15) is 8.78 Å². The molecule has 0 amide bonds. The second-order valence-electron chi connectivity index (χ2n) is 6.81. The van der Waals surface area contributed by atoms with E-state index in [1.807, 2.05) is 6.07 Å². The van der Waals surface area contributed by atoms with Gasteiger partial charge < -0.3 is 10.1 Å². The van der Waals surface area contributed by atoms with Crippen LogP contribution >= 0.6 is 0 Å². The maximum absolute atomic E-state index is 12.3. The molecule has 3 aliphatic rings. The Bertz CT molecular complexity index is 521. The van der Waals surface area contributed by atoms with Crippen LogP contribution in [0.5, 0.6) is 5.75 Å². The Balaban J connectivity index is 1.45. The molecule has 0 aromatic heterocycles. The van der Waals surface area contributed by atoms with Gasteiger partial charge in [0.15, 0.2) is 0 Å². The molecule has 0 radical (unpaired) electrons. The number of alkyl halides is 2. The molecule has 0 aliphatic heterocycles. The summed E-state index contributed by atoms with van der Waals surface area (Å²) in [6.07, 6.45) is 6.81. The summed E-state index contributed by atoms with van der Waals surface area (Å²) in [5.74, 6) is 3.78. The van der Waals surface area contributed by atoms with E-state index in [0.29, 0.717) is 6.04 Å². The summed E-state index contributed by atoms with van der Waals surface area (Å²) in [5, 5.41) is 3.57. The van der Waals surface area contributed by atoms with Gasteiger partial charge in [0.05, 0.1) is 0 Å². The van der Waals surface area contributed by atoms with Crippen molar-refractivity contribution in [2.24, 2.45) is 23.7 Å². The van der Waals surface area contributed by atoms with E-state index in [0.717, 1.165) is 29.4 Å². The van der Waals surface area contributed by atoms with Crippen molar-refractivity contribution in [1.82, 2.24) is 0 Å². The molecule has 0 saturated heterocycles. The Morgan fingerprint density at radius 2 is 1.95 bits per heavy atom. The van der Waals surface area contributed by atoms with Crippen molar-refractivity contribution in [3.8, 4) is 5.75 Å². The van der Waals surface area contributed by atoms with Gasteiger partial charge in [-0.25, -0.2) is 0 Å². The molecule has 114 valence electrons. The molecule has 0 heterocycles. The lowest BCUT2D eigenvalue weighted by molar-refractivity contribution is -0.0498. The second-order valence-corrected chi connectivity index (χ2v) is 6.81. The first kappa shape index (κ1) is 13.4. The van der Waals surface area contributed by atoms with Crippen molar-refractivity contribution < 1.29 is 13.5 Å². The zero-order valence-electron chi connectivity index (χ0n) is 12.0. The fraction of sp³-hybridized carbons (Fsp3) is 0.647. The van der Waals surface area contributed by atoms with E-state index in [4.69, 9.17) is 0 Å². The minimum absolute atomic E-state index is 0.233. The minimum atomic E-state index is -2.76. The van der Waals surface area contributed by atoms with Gasteiger partial charge in [-0.3, -0.25) is 0 Å². The van der Waals surface area contributed by atoms with Crippen LogP contribution in [0.4, 0.5) is 14.5 Å². The maximum atomic E-state index is 12.3. The van der Waals surface area contributed by atoms with Crippen molar-refractivity contribution in [2.45, 2.75) is 44.8 Å². The number of hydrogen-bond acceptors (Lipinski definition) is 2. The molecule has 1 aromatic rings. The van der Waals surface area contributed by atoms with Gasteiger partial charge in [0.25, 0.3) is 0 Å². The number of fused-ring (bicyclic) bond motifs is 5. The molecule has 1 aromatic carbocycles. The van der Waals surface area contributed by atoms with Gasteiger partial charge in [-0.15, -0.1) is 0 Å². The smallest absolute Gasteiger partial charge is 0.387 e. The third kappa shape index (κ3) is 2.39. The Morgan fingerprint density at radius 3 is 2.81 bits per heavy atom.